The van der Waals surface area contributed by atoms with Gasteiger partial charge < -0.3 is 0 Å². The van der Waals surface area contributed by atoms with Crippen LogP contribution in [0.5, 0.6) is 0 Å². The molecule has 17 heavy (non-hydrogen) atoms. The van der Waals surface area contributed by atoms with Crippen LogP contribution in [0, 0.1) is 0 Å². The van der Waals surface area contributed by atoms with Crippen LogP contribution >= 0.6 is 39.0 Å². The predicted octanol–water partition coefficient (Wildman–Crippen LogP) is 0.770. The second-order valence-corrected chi connectivity index (χ2v) is 27.5. The SMILES string of the molecule is CN1CCN(C)[C]1=[Pd]([I])([I])=[C]1N(C)CCN1C. The van der Waals surface area contributed by atoms with Gasteiger partial charge >= 0.3 is 129 Å². The number of likely N-dealkylation sites (N-methyl/N-ethyl adjacent to an activating group) is 4. The summed E-state index contributed by atoms with van der Waals surface area (Å²) in [4.78, 5) is 9.79. The fraction of sp³-hybridized carbons (Fsp3) is 0.800. The number of halogens is 2. The van der Waals surface area contributed by atoms with E-state index in [9.17, 15) is 0 Å². The first kappa shape index (κ1) is 15.1. The van der Waals surface area contributed by atoms with E-state index in [1.807, 2.05) is 0 Å². The summed E-state index contributed by atoms with van der Waals surface area (Å²) in [5.74, 6) is 0. The summed E-state index contributed by atoms with van der Waals surface area (Å²) < 4.78 is 3.12. The quantitative estimate of drug-likeness (QED) is 0.323. The minimum absolute atomic E-state index is 1.16. The van der Waals surface area contributed by atoms with Crippen molar-refractivity contribution in [2.45, 2.75) is 0 Å². The first-order valence-electron chi connectivity index (χ1n) is 5.50. The van der Waals surface area contributed by atoms with Gasteiger partial charge in [-0.15, -0.1) is 0 Å². The molecule has 0 N–H and O–H groups in total. The Kier molecular flexibility index (Phi) is 4.97. The molecule has 0 aromatic rings. The fourth-order valence-corrected chi connectivity index (χ4v) is 18.5. The third-order valence-electron chi connectivity index (χ3n) is 3.06. The molecule has 7 heteroatoms. The molecule has 2 heterocycles. The fourth-order valence-electron chi connectivity index (χ4n) is 2.19. The molecule has 0 atom stereocenters. The van der Waals surface area contributed by atoms with Crippen LogP contribution in [0.3, 0.4) is 0 Å². The summed E-state index contributed by atoms with van der Waals surface area (Å²) in [6.45, 7) is 4.65. The van der Waals surface area contributed by atoms with Gasteiger partial charge in [0.15, 0.2) is 0 Å². The second-order valence-electron chi connectivity index (χ2n) is 4.53. The molecule has 2 aliphatic rings. The molecule has 0 aliphatic carbocycles. The summed E-state index contributed by atoms with van der Waals surface area (Å²) in [6.07, 6.45) is 0. The normalized spacial score (nSPS) is 27.4. The Bertz CT molecular complexity index is 374. The van der Waals surface area contributed by atoms with Gasteiger partial charge in [-0.05, 0) is 0 Å². The molecule has 2 aliphatic heterocycles. The van der Waals surface area contributed by atoms with Crippen molar-refractivity contribution < 1.29 is 7.40 Å². The van der Waals surface area contributed by atoms with Crippen LogP contribution < -0.4 is 0 Å². The van der Waals surface area contributed by atoms with Crippen molar-refractivity contribution in [3.05, 3.63) is 0 Å². The van der Waals surface area contributed by atoms with Gasteiger partial charge in [-0.1, -0.05) is 0 Å². The summed E-state index contributed by atoms with van der Waals surface area (Å²) in [6, 6.07) is 0. The van der Waals surface area contributed by atoms with Gasteiger partial charge in [0.25, 0.3) is 0 Å². The third kappa shape index (κ3) is 2.77. The van der Waals surface area contributed by atoms with Gasteiger partial charge in [0, 0.05) is 0 Å². The van der Waals surface area contributed by atoms with Gasteiger partial charge in [-0.2, -0.15) is 0 Å². The van der Waals surface area contributed by atoms with Crippen molar-refractivity contribution in [1.82, 2.24) is 19.6 Å². The van der Waals surface area contributed by atoms with Crippen molar-refractivity contribution in [2.24, 2.45) is 0 Å². The first-order valence-corrected chi connectivity index (χ1v) is 16.3. The standard InChI is InChI=1S/2C5H10N2.2HI.Pd/c2*1-6-3-4-7(2)5-6;;;/h2*3-4H2,1-2H3;2*1H;/q;;;;+2/p-2. The van der Waals surface area contributed by atoms with Crippen LogP contribution in [0.25, 0.3) is 0 Å². The van der Waals surface area contributed by atoms with Crippen LogP contribution in [-0.2, 0) is 7.40 Å². The molecule has 0 aromatic heterocycles. The Labute approximate surface area is 127 Å². The zero-order valence-corrected chi connectivity index (χ0v) is 16.6. The molecule has 0 spiro atoms. The van der Waals surface area contributed by atoms with Crippen LogP contribution in [0.4, 0.5) is 0 Å². The topological polar surface area (TPSA) is 13.0 Å². The third-order valence-corrected chi connectivity index (χ3v) is 14.4. The Balaban J connectivity index is 2.69. The molecule has 2 fully saturated rings. The Morgan fingerprint density at radius 3 is 1.18 bits per heavy atom. The molecule has 0 aromatic carbocycles. The van der Waals surface area contributed by atoms with Crippen molar-refractivity contribution >= 4 is 47.5 Å². The molecule has 2 saturated heterocycles. The minimum atomic E-state index is -1.74. The van der Waals surface area contributed by atoms with Gasteiger partial charge in [-0.25, -0.2) is 0 Å². The van der Waals surface area contributed by atoms with Crippen molar-refractivity contribution in [3.63, 3.8) is 0 Å². The number of nitrogens with zero attached hydrogens (tertiary/aromatic N) is 4. The van der Waals surface area contributed by atoms with E-state index in [4.69, 9.17) is 0 Å². The van der Waals surface area contributed by atoms with Crippen LogP contribution in [0.15, 0.2) is 0 Å². The molecule has 0 bridgehead atoms. The summed E-state index contributed by atoms with van der Waals surface area (Å²) >= 11 is 5.47. The predicted molar refractivity (Wildman–Crippen MR) is 88.6 cm³/mol. The van der Waals surface area contributed by atoms with E-state index in [0.717, 1.165) is 26.2 Å². The average molecular weight is 557 g/mol. The van der Waals surface area contributed by atoms with Gasteiger partial charge in [0.05, 0.1) is 0 Å². The van der Waals surface area contributed by atoms with Crippen molar-refractivity contribution in [3.8, 4) is 0 Å². The summed E-state index contributed by atoms with van der Waals surface area (Å²) in [5, 5.41) is 0. The number of hydrogen-bond donors (Lipinski definition) is 0. The zero-order chi connectivity index (χ0) is 12.8. The van der Waals surface area contributed by atoms with Crippen LogP contribution in [0.2, 0.25) is 0 Å². The van der Waals surface area contributed by atoms with Crippen molar-refractivity contribution in [2.75, 3.05) is 54.4 Å². The van der Waals surface area contributed by atoms with E-state index >= 15 is 0 Å². The molecule has 0 amide bonds. The Morgan fingerprint density at radius 2 is 0.941 bits per heavy atom. The monoisotopic (exact) mass is 556 g/mol. The van der Waals surface area contributed by atoms with E-state index in [2.05, 4.69) is 86.8 Å². The summed E-state index contributed by atoms with van der Waals surface area (Å²) in [5.41, 5.74) is 0. The molecule has 0 radical (unpaired) electrons. The molecule has 0 saturated carbocycles. The molecule has 4 nitrogen and oxygen atoms in total. The molecule has 104 valence electrons. The average Bonchev–Trinajstić information content (AvgIpc) is 2.71. The maximum absolute atomic E-state index is 2.74. The summed E-state index contributed by atoms with van der Waals surface area (Å²) in [7, 11) is 7.19. The molecule has 0 unspecified atom stereocenters. The van der Waals surface area contributed by atoms with E-state index in [1.54, 1.807) is 8.46 Å². The van der Waals surface area contributed by atoms with E-state index in [0.29, 0.717) is 0 Å². The molecule has 2 rings (SSSR count). The molecular weight excluding hydrogens is 536 g/mol. The zero-order valence-electron chi connectivity index (χ0n) is 10.7. The Hall–Kier alpha value is 1.70. The van der Waals surface area contributed by atoms with Crippen molar-refractivity contribution in [1.29, 1.82) is 0 Å². The second kappa shape index (κ2) is 5.60. The first-order chi connectivity index (χ1) is 7.85. The van der Waals surface area contributed by atoms with Gasteiger partial charge in [0.1, 0.15) is 0 Å². The Morgan fingerprint density at radius 1 is 0.706 bits per heavy atom. The van der Waals surface area contributed by atoms with E-state index in [-0.39, 0.29) is 0 Å². The molecular formula is C10H20I2N4Pd. The number of hydrogen-bond acceptors (Lipinski definition) is 4. The van der Waals surface area contributed by atoms with Gasteiger partial charge in [-0.3, -0.25) is 0 Å². The number of rotatable bonds is 0. The van der Waals surface area contributed by atoms with E-state index < -0.39 is 7.40 Å². The van der Waals surface area contributed by atoms with Gasteiger partial charge in [0.2, 0.25) is 0 Å². The van der Waals surface area contributed by atoms with Crippen LogP contribution in [0.1, 0.15) is 0 Å². The maximum atomic E-state index is 2.74. The van der Waals surface area contributed by atoms with Crippen LogP contribution in [-0.4, -0.2) is 82.4 Å². The van der Waals surface area contributed by atoms with E-state index in [1.165, 1.54) is 0 Å².